The topological polar surface area (TPSA) is 81.4 Å². The Morgan fingerprint density at radius 2 is 1.67 bits per heavy atom. The molecule has 0 fully saturated rings. The number of hydrazone groups is 1. The average molecular weight is 599 g/mol. The Labute approximate surface area is 239 Å². The molecule has 0 aliphatic heterocycles. The van der Waals surface area contributed by atoms with Gasteiger partial charge in [-0.05, 0) is 42.0 Å². The number of hydrogen-bond acceptors (Lipinski definition) is 6. The number of amides is 1. The second-order valence-corrected chi connectivity index (χ2v) is 10.2. The molecule has 9 heteroatoms. The molecule has 39 heavy (non-hydrogen) atoms. The van der Waals surface area contributed by atoms with E-state index in [1.165, 1.54) is 11.8 Å². The summed E-state index contributed by atoms with van der Waals surface area (Å²) in [4.78, 5) is 12.6. The summed E-state index contributed by atoms with van der Waals surface area (Å²) in [6, 6.07) is 35.2. The molecular weight excluding hydrogens is 574 g/mol. The molecule has 1 N–H and O–H groups in total. The van der Waals surface area contributed by atoms with Gasteiger partial charge in [-0.1, -0.05) is 100 Å². The third-order valence-electron chi connectivity index (χ3n) is 5.61. The van der Waals surface area contributed by atoms with Gasteiger partial charge in [0.05, 0.1) is 12.0 Å². The lowest BCUT2D eigenvalue weighted by molar-refractivity contribution is -0.118. The van der Waals surface area contributed by atoms with E-state index in [4.69, 9.17) is 4.74 Å². The van der Waals surface area contributed by atoms with E-state index in [0.29, 0.717) is 23.3 Å². The van der Waals surface area contributed by atoms with E-state index < -0.39 is 0 Å². The predicted octanol–water partition coefficient (Wildman–Crippen LogP) is 6.52. The molecular formula is C30H24BrN5O2S. The molecule has 0 unspecified atom stereocenters. The van der Waals surface area contributed by atoms with Crippen molar-refractivity contribution in [3.8, 4) is 22.8 Å². The molecule has 0 aliphatic rings. The number of carbonyl (C=O) groups is 1. The van der Waals surface area contributed by atoms with Crippen molar-refractivity contribution in [2.24, 2.45) is 5.10 Å². The van der Waals surface area contributed by atoms with Gasteiger partial charge in [0.1, 0.15) is 12.4 Å². The Kier molecular flexibility index (Phi) is 8.82. The van der Waals surface area contributed by atoms with Crippen LogP contribution in [0.2, 0.25) is 0 Å². The molecule has 7 nitrogen and oxygen atoms in total. The highest BCUT2D eigenvalue weighted by Crippen LogP contribution is 2.27. The number of hydrogen-bond donors (Lipinski definition) is 1. The summed E-state index contributed by atoms with van der Waals surface area (Å²) < 4.78 is 8.94. The Morgan fingerprint density at radius 3 is 2.46 bits per heavy atom. The van der Waals surface area contributed by atoms with Crippen molar-refractivity contribution in [3.63, 3.8) is 0 Å². The van der Waals surface area contributed by atoms with Crippen LogP contribution in [0.4, 0.5) is 0 Å². The predicted molar refractivity (Wildman–Crippen MR) is 158 cm³/mol. The lowest BCUT2D eigenvalue weighted by Crippen LogP contribution is -2.20. The number of benzene rings is 4. The van der Waals surface area contributed by atoms with Gasteiger partial charge < -0.3 is 4.74 Å². The summed E-state index contributed by atoms with van der Waals surface area (Å²) in [5.41, 5.74) is 6.26. The van der Waals surface area contributed by atoms with Crippen molar-refractivity contribution in [3.05, 3.63) is 125 Å². The van der Waals surface area contributed by atoms with Crippen LogP contribution in [0.5, 0.6) is 5.75 Å². The molecule has 5 rings (SSSR count). The minimum atomic E-state index is -0.257. The fraction of sp³-hybridized carbons (Fsp3) is 0.0667. The Bertz CT molecular complexity index is 1580. The summed E-state index contributed by atoms with van der Waals surface area (Å²) >= 11 is 4.77. The fourth-order valence-corrected chi connectivity index (χ4v) is 4.98. The number of nitrogens with zero attached hydrogens (tertiary/aromatic N) is 4. The number of ether oxygens (including phenoxy) is 1. The Morgan fingerprint density at radius 1 is 0.923 bits per heavy atom. The highest BCUT2D eigenvalue weighted by molar-refractivity contribution is 9.10. The van der Waals surface area contributed by atoms with Crippen molar-refractivity contribution >= 4 is 39.8 Å². The van der Waals surface area contributed by atoms with Crippen LogP contribution in [0.15, 0.2) is 124 Å². The molecule has 0 saturated heterocycles. The molecule has 0 radical (unpaired) electrons. The summed E-state index contributed by atoms with van der Waals surface area (Å²) in [6.45, 7) is 0.417. The van der Waals surface area contributed by atoms with E-state index in [1.807, 2.05) is 114 Å². The van der Waals surface area contributed by atoms with Crippen molar-refractivity contribution in [1.29, 1.82) is 0 Å². The van der Waals surface area contributed by atoms with Gasteiger partial charge in [0.15, 0.2) is 11.0 Å². The van der Waals surface area contributed by atoms with Gasteiger partial charge >= 0.3 is 0 Å². The van der Waals surface area contributed by atoms with Crippen LogP contribution in [-0.2, 0) is 11.4 Å². The number of para-hydroxylation sites is 2. The van der Waals surface area contributed by atoms with Gasteiger partial charge in [-0.3, -0.25) is 9.36 Å². The second kappa shape index (κ2) is 13.0. The number of thioether (sulfide) groups is 1. The SMILES string of the molecule is O=C(CSc1nnc(-c2ccccc2)n1-c1ccccc1)NN=Cc1ccccc1OCc1cccc(Br)c1. The first kappa shape index (κ1) is 26.4. The minimum Gasteiger partial charge on any atom is -0.488 e. The van der Waals surface area contributed by atoms with Crippen molar-refractivity contribution in [1.82, 2.24) is 20.2 Å². The molecule has 4 aromatic carbocycles. The summed E-state index contributed by atoms with van der Waals surface area (Å²) in [5, 5.41) is 13.5. The van der Waals surface area contributed by atoms with E-state index in [2.05, 4.69) is 36.7 Å². The molecule has 1 amide bonds. The Balaban J connectivity index is 1.23. The Hall–Kier alpha value is -4.21. The molecule has 5 aromatic rings. The van der Waals surface area contributed by atoms with Gasteiger partial charge in [-0.2, -0.15) is 5.10 Å². The first-order valence-corrected chi connectivity index (χ1v) is 13.9. The average Bonchev–Trinajstić information content (AvgIpc) is 3.41. The number of nitrogens with one attached hydrogen (secondary N) is 1. The van der Waals surface area contributed by atoms with Crippen molar-refractivity contribution in [2.75, 3.05) is 5.75 Å². The zero-order valence-electron chi connectivity index (χ0n) is 20.8. The van der Waals surface area contributed by atoms with Gasteiger partial charge in [-0.25, -0.2) is 5.43 Å². The van der Waals surface area contributed by atoms with E-state index in [0.717, 1.165) is 26.9 Å². The molecule has 0 saturated carbocycles. The fourth-order valence-electron chi connectivity index (χ4n) is 3.79. The van der Waals surface area contributed by atoms with E-state index >= 15 is 0 Å². The molecule has 0 spiro atoms. The van der Waals surface area contributed by atoms with E-state index in [-0.39, 0.29) is 11.7 Å². The summed E-state index contributed by atoms with van der Waals surface area (Å²) in [7, 11) is 0. The maximum absolute atomic E-state index is 12.6. The molecule has 1 heterocycles. The minimum absolute atomic E-state index is 0.123. The van der Waals surface area contributed by atoms with E-state index in [1.54, 1.807) is 6.21 Å². The van der Waals surface area contributed by atoms with Crippen LogP contribution in [0.3, 0.4) is 0 Å². The van der Waals surface area contributed by atoms with Crippen molar-refractivity contribution in [2.45, 2.75) is 11.8 Å². The second-order valence-electron chi connectivity index (χ2n) is 8.38. The molecule has 0 bridgehead atoms. The zero-order chi connectivity index (χ0) is 26.9. The quantitative estimate of drug-likeness (QED) is 0.113. The normalized spacial score (nSPS) is 11.0. The molecule has 1 aromatic heterocycles. The standard InChI is InChI=1S/C30H24BrN5O2S/c31-25-14-9-10-22(18-25)20-38-27-17-8-7-13-24(27)19-32-33-28(37)21-39-30-35-34-29(23-11-3-1-4-12-23)36(30)26-15-5-2-6-16-26/h1-19H,20-21H2,(H,33,37). The highest BCUT2D eigenvalue weighted by Gasteiger charge is 2.17. The van der Waals surface area contributed by atoms with Gasteiger partial charge in [-0.15, -0.1) is 10.2 Å². The summed E-state index contributed by atoms with van der Waals surface area (Å²) in [5.74, 6) is 1.25. The van der Waals surface area contributed by atoms with Crippen LogP contribution < -0.4 is 10.2 Å². The zero-order valence-corrected chi connectivity index (χ0v) is 23.2. The van der Waals surface area contributed by atoms with Gasteiger partial charge in [0.2, 0.25) is 0 Å². The van der Waals surface area contributed by atoms with E-state index in [9.17, 15) is 4.79 Å². The maximum Gasteiger partial charge on any atom is 0.250 e. The lowest BCUT2D eigenvalue weighted by atomic mass is 10.2. The van der Waals surface area contributed by atoms with Crippen LogP contribution in [0.1, 0.15) is 11.1 Å². The number of aromatic nitrogens is 3. The first-order chi connectivity index (χ1) is 19.2. The number of carbonyl (C=O) groups excluding carboxylic acids is 1. The molecule has 0 aliphatic carbocycles. The maximum atomic E-state index is 12.6. The highest BCUT2D eigenvalue weighted by atomic mass is 79.9. The third-order valence-corrected chi connectivity index (χ3v) is 7.03. The smallest absolute Gasteiger partial charge is 0.250 e. The van der Waals surface area contributed by atoms with Crippen LogP contribution in [0.25, 0.3) is 17.1 Å². The van der Waals surface area contributed by atoms with Gasteiger partial charge in [0.25, 0.3) is 5.91 Å². The number of rotatable bonds is 10. The van der Waals surface area contributed by atoms with Crippen LogP contribution in [-0.4, -0.2) is 32.6 Å². The lowest BCUT2D eigenvalue weighted by Gasteiger charge is -2.10. The van der Waals surface area contributed by atoms with Crippen LogP contribution >= 0.6 is 27.7 Å². The van der Waals surface area contributed by atoms with Crippen molar-refractivity contribution < 1.29 is 9.53 Å². The first-order valence-electron chi connectivity index (χ1n) is 12.1. The van der Waals surface area contributed by atoms with Gasteiger partial charge in [0, 0.05) is 21.3 Å². The van der Waals surface area contributed by atoms with Crippen LogP contribution in [0, 0.1) is 0 Å². The third kappa shape index (κ3) is 7.01. The summed E-state index contributed by atoms with van der Waals surface area (Å²) in [6.07, 6.45) is 1.58. The molecule has 0 atom stereocenters. The largest absolute Gasteiger partial charge is 0.488 e. The molecule has 194 valence electrons. The monoisotopic (exact) mass is 597 g/mol. The number of halogens is 1.